The molecule has 0 bridgehead atoms. The number of aromatic hydroxyl groups is 2. The zero-order chi connectivity index (χ0) is 55.5. The van der Waals surface area contributed by atoms with Crippen molar-refractivity contribution >= 4 is 53.7 Å². The van der Waals surface area contributed by atoms with Gasteiger partial charge in [0.2, 0.25) is 11.8 Å². The van der Waals surface area contributed by atoms with Gasteiger partial charge in [-0.25, -0.2) is 34.0 Å². The standard InChI is InChI=1S/C20H21N3O4.C13H14ClN3O3.C11H10ClN3O3.C7H9BO3/c1-4-26-19-15(20(25)27-5-2)12-21-23(19)17-11-7-10-16(22-17)14-9-6-8-13(3)18(14)24;1-3-19-12-9(13(18)20-4-2)8-15-17(12)11-7-5-6-10(14)16-11;1-2-18-11(17)7-6-13-15(10(7)16)9-5-3-4-8(12)14-9;1-5-3-2-4-6(7(5)9)8(10)11/h6-12,24H,4-5H2,1-3H3;5-8H,3-4H2,1-2H3;3-6,13H,2H2,1H3;2-4,9-11H,1H3. The first-order valence-electron chi connectivity index (χ1n) is 23.4. The lowest BCUT2D eigenvalue weighted by Gasteiger charge is -2.11. The number of aromatic nitrogens is 9. The molecule has 25 heteroatoms. The molecule has 5 N–H and O–H groups in total. The molecule has 0 unspecified atom stereocenters. The molecule has 0 atom stereocenters. The number of hydrogen-bond donors (Lipinski definition) is 5. The summed E-state index contributed by atoms with van der Waals surface area (Å²) in [7, 11) is -1.60. The average Bonchev–Trinajstić information content (AvgIpc) is 4.14. The van der Waals surface area contributed by atoms with Crippen LogP contribution in [0.25, 0.3) is 28.7 Å². The third kappa shape index (κ3) is 14.8. The Balaban J connectivity index is 0.000000195. The number of esters is 3. The van der Waals surface area contributed by atoms with Crippen LogP contribution < -0.4 is 20.5 Å². The SMILES string of the molecule is CCOC(=O)c1c[nH]n(-c2cccc(Cl)n2)c1=O.CCOC(=O)c1cnn(-c2cccc(-c3cccc(C)c3O)n2)c1OCC.CCOC(=O)c1cnn(-c2cccc(Cl)n2)c1OCC.Cc1cccc(B(O)O)c1O. The lowest BCUT2D eigenvalue weighted by Crippen LogP contribution is -2.30. The number of aryl methyl sites for hydroxylation is 2. The average molecular weight is 1080 g/mol. The molecule has 0 aliphatic carbocycles. The van der Waals surface area contributed by atoms with Crippen molar-refractivity contribution in [3.8, 4) is 52.0 Å². The number of phenols is 2. The number of pyridine rings is 3. The van der Waals surface area contributed by atoms with E-state index in [1.165, 1.54) is 34.0 Å². The van der Waals surface area contributed by atoms with Crippen molar-refractivity contribution in [3.05, 3.63) is 158 Å². The molecule has 22 nitrogen and oxygen atoms in total. The fourth-order valence-electron chi connectivity index (χ4n) is 6.63. The molecule has 0 saturated carbocycles. The number of ether oxygens (including phenoxy) is 5. The topological polar surface area (TPSA) is 290 Å². The number of nitrogens with one attached hydrogen (secondary N) is 1. The van der Waals surface area contributed by atoms with Crippen LogP contribution in [0.2, 0.25) is 10.3 Å². The van der Waals surface area contributed by atoms with E-state index < -0.39 is 30.6 Å². The van der Waals surface area contributed by atoms with E-state index in [2.05, 4.69) is 30.2 Å². The molecular formula is C51H54BCl2N9O13. The van der Waals surface area contributed by atoms with E-state index >= 15 is 0 Å². The number of phenolic OH excluding ortho intramolecular Hbond substituents is 2. The normalized spacial score (nSPS) is 10.4. The summed E-state index contributed by atoms with van der Waals surface area (Å²) >= 11 is 11.6. The van der Waals surface area contributed by atoms with Crippen LogP contribution in [0.3, 0.4) is 0 Å². The maximum atomic E-state index is 12.1. The van der Waals surface area contributed by atoms with Gasteiger partial charge in [-0.1, -0.05) is 71.7 Å². The molecule has 0 aliphatic heterocycles. The number of carbonyl (C=O) groups excluding carboxylic acids is 3. The fraction of sp³-hybridized carbons (Fsp3) is 0.235. The summed E-state index contributed by atoms with van der Waals surface area (Å²) < 4.78 is 29.9. The van der Waals surface area contributed by atoms with Crippen LogP contribution in [-0.2, 0) is 14.2 Å². The first-order chi connectivity index (χ1) is 36.5. The second-order valence-electron chi connectivity index (χ2n) is 15.3. The Morgan fingerprint density at radius 1 is 0.579 bits per heavy atom. The first-order valence-corrected chi connectivity index (χ1v) is 24.2. The number of rotatable bonds is 15. The van der Waals surface area contributed by atoms with Crippen molar-refractivity contribution < 1.29 is 58.3 Å². The third-order valence-corrected chi connectivity index (χ3v) is 10.5. The Kier molecular flexibility index (Phi) is 21.7. The van der Waals surface area contributed by atoms with Gasteiger partial charge in [0.15, 0.2) is 17.5 Å². The largest absolute Gasteiger partial charge is 0.508 e. The molecule has 8 rings (SSSR count). The number of para-hydroxylation sites is 2. The van der Waals surface area contributed by atoms with Crippen molar-refractivity contribution in [2.45, 2.75) is 48.5 Å². The van der Waals surface area contributed by atoms with E-state index in [0.29, 0.717) is 58.5 Å². The maximum Gasteiger partial charge on any atom is 0.492 e. The number of nitrogens with zero attached hydrogens (tertiary/aromatic N) is 8. The second-order valence-corrected chi connectivity index (χ2v) is 16.1. The molecule has 0 amide bonds. The quantitative estimate of drug-likeness (QED) is 0.0305. The monoisotopic (exact) mass is 1080 g/mol. The number of benzene rings is 2. The maximum absolute atomic E-state index is 12.1. The van der Waals surface area contributed by atoms with E-state index in [1.54, 1.807) is 100 Å². The smallest absolute Gasteiger partial charge is 0.492 e. The van der Waals surface area contributed by atoms with Crippen LogP contribution in [0, 0.1) is 13.8 Å². The van der Waals surface area contributed by atoms with Crippen molar-refractivity contribution in [1.82, 2.24) is 44.3 Å². The highest BCUT2D eigenvalue weighted by Gasteiger charge is 2.24. The van der Waals surface area contributed by atoms with E-state index in [1.807, 2.05) is 32.9 Å². The minimum atomic E-state index is -1.60. The number of aromatic amines is 1. The molecule has 0 saturated heterocycles. The highest BCUT2D eigenvalue weighted by atomic mass is 35.5. The summed E-state index contributed by atoms with van der Waals surface area (Å²) in [5, 5.41) is 48.6. The number of halogens is 2. The van der Waals surface area contributed by atoms with E-state index in [9.17, 15) is 29.4 Å². The Morgan fingerprint density at radius 3 is 1.51 bits per heavy atom. The molecule has 6 heterocycles. The predicted octanol–water partition coefficient (Wildman–Crippen LogP) is 6.79. The molecule has 0 radical (unpaired) electrons. The van der Waals surface area contributed by atoms with Crippen molar-refractivity contribution in [2.24, 2.45) is 0 Å². The summed E-state index contributed by atoms with van der Waals surface area (Å²) in [5.41, 5.74) is 2.65. The van der Waals surface area contributed by atoms with Gasteiger partial charge in [0, 0.05) is 17.2 Å². The minimum Gasteiger partial charge on any atom is -0.508 e. The van der Waals surface area contributed by atoms with Crippen LogP contribution >= 0.6 is 23.2 Å². The van der Waals surface area contributed by atoms with Gasteiger partial charge >= 0.3 is 25.0 Å². The third-order valence-electron chi connectivity index (χ3n) is 10.1. The van der Waals surface area contributed by atoms with E-state index in [4.69, 9.17) is 56.9 Å². The summed E-state index contributed by atoms with van der Waals surface area (Å²) in [6.45, 7) is 13.8. The number of carbonyl (C=O) groups is 3. The van der Waals surface area contributed by atoms with Gasteiger partial charge in [0.25, 0.3) is 5.56 Å². The summed E-state index contributed by atoms with van der Waals surface area (Å²) in [6.07, 6.45) is 4.08. The molecule has 0 spiro atoms. The number of H-pyrrole nitrogens is 1. The highest BCUT2D eigenvalue weighted by molar-refractivity contribution is 6.59. The Labute approximate surface area is 446 Å². The molecule has 8 aromatic rings. The lowest BCUT2D eigenvalue weighted by atomic mass is 9.79. The molecular weight excluding hydrogens is 1030 g/mol. The second kappa shape index (κ2) is 28.2. The van der Waals surface area contributed by atoms with Crippen LogP contribution in [0.5, 0.6) is 23.3 Å². The van der Waals surface area contributed by atoms with Gasteiger partial charge in [-0.3, -0.25) is 9.89 Å². The zero-order valence-electron chi connectivity index (χ0n) is 42.3. The summed E-state index contributed by atoms with van der Waals surface area (Å²) in [6, 6.07) is 25.6. The van der Waals surface area contributed by atoms with Crippen molar-refractivity contribution in [3.63, 3.8) is 0 Å². The fourth-order valence-corrected chi connectivity index (χ4v) is 6.95. The van der Waals surface area contributed by atoms with Gasteiger partial charge < -0.3 is 43.9 Å². The van der Waals surface area contributed by atoms with Crippen molar-refractivity contribution in [2.75, 3.05) is 33.0 Å². The molecule has 0 fully saturated rings. The van der Waals surface area contributed by atoms with Gasteiger partial charge in [0.1, 0.15) is 38.5 Å². The van der Waals surface area contributed by atoms with Crippen LogP contribution in [-0.4, -0.2) is 123 Å². The minimum absolute atomic E-state index is 0.0532. The van der Waals surface area contributed by atoms with Crippen LogP contribution in [0.4, 0.5) is 0 Å². The summed E-state index contributed by atoms with van der Waals surface area (Å²) in [5.74, 6) is 0.285. The Morgan fingerprint density at radius 2 is 1.03 bits per heavy atom. The Hall–Kier alpha value is -8.51. The molecule has 76 heavy (non-hydrogen) atoms. The highest BCUT2D eigenvalue weighted by Crippen LogP contribution is 2.32. The Bertz CT molecular complexity index is 3310. The molecule has 6 aromatic heterocycles. The van der Waals surface area contributed by atoms with Crippen molar-refractivity contribution in [1.29, 1.82) is 0 Å². The van der Waals surface area contributed by atoms with E-state index in [0.717, 1.165) is 10.2 Å². The molecule has 2 aromatic carbocycles. The number of hydrogen-bond acceptors (Lipinski definition) is 18. The van der Waals surface area contributed by atoms with E-state index in [-0.39, 0.29) is 64.5 Å². The van der Waals surface area contributed by atoms with Gasteiger partial charge in [-0.05, 0) is 102 Å². The molecule has 398 valence electrons. The van der Waals surface area contributed by atoms with Crippen LogP contribution in [0.15, 0.2) is 114 Å². The lowest BCUT2D eigenvalue weighted by molar-refractivity contribution is 0.0511. The predicted molar refractivity (Wildman–Crippen MR) is 282 cm³/mol. The van der Waals surface area contributed by atoms with Gasteiger partial charge in [-0.15, -0.1) is 0 Å². The zero-order valence-corrected chi connectivity index (χ0v) is 43.8. The van der Waals surface area contributed by atoms with Gasteiger partial charge in [-0.2, -0.15) is 19.6 Å². The molecule has 0 aliphatic rings. The van der Waals surface area contributed by atoms with Crippen LogP contribution in [0.1, 0.15) is 76.8 Å². The first kappa shape index (κ1) is 58.4. The van der Waals surface area contributed by atoms with Gasteiger partial charge in [0.05, 0.1) is 51.1 Å². The summed E-state index contributed by atoms with van der Waals surface area (Å²) in [4.78, 5) is 60.1.